The van der Waals surface area contributed by atoms with Gasteiger partial charge in [0.25, 0.3) is 5.91 Å². The molecule has 1 saturated heterocycles. The molecule has 198 valence electrons. The molecule has 0 aromatic heterocycles. The molecule has 2 bridgehead atoms. The molecule has 7 heteroatoms. The Morgan fingerprint density at radius 1 is 0.821 bits per heavy atom. The van der Waals surface area contributed by atoms with Gasteiger partial charge in [-0.3, -0.25) is 19.3 Å². The van der Waals surface area contributed by atoms with Crippen molar-refractivity contribution in [2.75, 3.05) is 11.9 Å². The molecule has 3 amide bonds. The van der Waals surface area contributed by atoms with Gasteiger partial charge in [0.1, 0.15) is 6.04 Å². The van der Waals surface area contributed by atoms with Crippen LogP contribution in [0.4, 0.5) is 5.69 Å². The minimum absolute atomic E-state index is 0.252. The molecule has 0 spiro atoms. The minimum Gasteiger partial charge on any atom is -0.454 e. The summed E-state index contributed by atoms with van der Waals surface area (Å²) in [5, 5.41) is 2.71. The summed E-state index contributed by atoms with van der Waals surface area (Å²) in [6.45, 7) is 4.95. The highest BCUT2D eigenvalue weighted by Crippen LogP contribution is 2.61. The zero-order valence-corrected chi connectivity index (χ0v) is 22.1. The van der Waals surface area contributed by atoms with Crippen LogP contribution in [0.3, 0.4) is 0 Å². The van der Waals surface area contributed by atoms with Crippen molar-refractivity contribution in [2.24, 2.45) is 17.8 Å². The Labute approximate surface area is 227 Å². The van der Waals surface area contributed by atoms with Crippen LogP contribution in [0, 0.1) is 24.7 Å². The summed E-state index contributed by atoms with van der Waals surface area (Å²) in [5.41, 5.74) is 5.86. The van der Waals surface area contributed by atoms with Crippen LogP contribution in [0.5, 0.6) is 0 Å². The fraction of sp³-hybridized carbons (Fsp3) is 0.312. The van der Waals surface area contributed by atoms with Gasteiger partial charge in [0.05, 0.1) is 11.8 Å². The van der Waals surface area contributed by atoms with Gasteiger partial charge < -0.3 is 10.1 Å². The number of esters is 1. The van der Waals surface area contributed by atoms with Crippen LogP contribution in [-0.2, 0) is 23.9 Å². The Morgan fingerprint density at radius 2 is 1.33 bits per heavy atom. The van der Waals surface area contributed by atoms with E-state index < -0.39 is 42.3 Å². The summed E-state index contributed by atoms with van der Waals surface area (Å²) in [5.74, 6) is -3.99. The van der Waals surface area contributed by atoms with Crippen molar-refractivity contribution in [3.8, 4) is 0 Å². The highest BCUT2D eigenvalue weighted by Gasteiger charge is 2.63. The molecule has 7 nitrogen and oxygen atoms in total. The third kappa shape index (κ3) is 3.95. The van der Waals surface area contributed by atoms with E-state index in [1.165, 1.54) is 0 Å². The number of hydrogen-bond donors (Lipinski definition) is 1. The SMILES string of the molecule is Cc1cccc(NC(=O)COC(=O)[C@@H](C(C)C)N2C(=O)[C@@H]3C4c5ccccc5C(c5ccccc54)[C@@H]3C2=O)c1. The van der Waals surface area contributed by atoms with Gasteiger partial charge in [-0.1, -0.05) is 74.5 Å². The van der Waals surface area contributed by atoms with Gasteiger partial charge >= 0.3 is 5.97 Å². The van der Waals surface area contributed by atoms with Crippen molar-refractivity contribution >= 4 is 29.4 Å². The van der Waals surface area contributed by atoms with E-state index in [0.29, 0.717) is 5.69 Å². The van der Waals surface area contributed by atoms with Crippen LogP contribution in [0.25, 0.3) is 0 Å². The molecule has 7 rings (SSSR count). The molecule has 0 unspecified atom stereocenters. The maximum Gasteiger partial charge on any atom is 0.330 e. The average molecular weight is 523 g/mol. The molecular formula is C32H30N2O5. The first-order chi connectivity index (χ1) is 18.8. The number of likely N-dealkylation sites (tertiary alicyclic amines) is 1. The second kappa shape index (κ2) is 9.49. The lowest BCUT2D eigenvalue weighted by Gasteiger charge is -2.45. The highest BCUT2D eigenvalue weighted by molar-refractivity contribution is 6.10. The van der Waals surface area contributed by atoms with Crippen molar-refractivity contribution in [1.29, 1.82) is 0 Å². The van der Waals surface area contributed by atoms with Crippen molar-refractivity contribution in [1.82, 2.24) is 4.90 Å². The number of rotatable bonds is 6. The number of carbonyl (C=O) groups is 4. The van der Waals surface area contributed by atoms with Crippen molar-refractivity contribution in [2.45, 2.75) is 38.6 Å². The first-order valence-electron chi connectivity index (χ1n) is 13.4. The van der Waals surface area contributed by atoms with E-state index >= 15 is 0 Å². The van der Waals surface area contributed by atoms with Crippen LogP contribution in [0.2, 0.25) is 0 Å². The molecule has 3 aliphatic carbocycles. The molecule has 3 aromatic carbocycles. The van der Waals surface area contributed by atoms with Crippen molar-refractivity contribution < 1.29 is 23.9 Å². The molecule has 3 aromatic rings. The minimum atomic E-state index is -1.12. The Hall–Kier alpha value is -4.26. The number of imide groups is 1. The maximum atomic E-state index is 14.0. The maximum absolute atomic E-state index is 14.0. The topological polar surface area (TPSA) is 92.8 Å². The summed E-state index contributed by atoms with van der Waals surface area (Å²) in [6.07, 6.45) is 0. The van der Waals surface area contributed by atoms with Crippen LogP contribution in [-0.4, -0.2) is 41.2 Å². The van der Waals surface area contributed by atoms with Gasteiger partial charge in [-0.25, -0.2) is 4.79 Å². The number of benzene rings is 3. The van der Waals surface area contributed by atoms with Crippen LogP contribution >= 0.6 is 0 Å². The smallest absolute Gasteiger partial charge is 0.330 e. The molecule has 1 aliphatic heterocycles. The van der Waals surface area contributed by atoms with Gasteiger partial charge in [0.15, 0.2) is 6.61 Å². The molecule has 1 N–H and O–H groups in total. The number of anilines is 1. The standard InChI is InChI=1S/C32H30N2O5/c1-17(2)29(32(38)39-16-24(35)33-19-10-8-9-18(3)15-19)34-30(36)27-25-20-11-4-5-12-21(20)26(28(27)31(34)37)23-14-7-6-13-22(23)25/h4-15,17,25-29H,16H2,1-3H3,(H,33,35)/t25?,26?,27-,28+,29-/m1/s1. The van der Waals surface area contributed by atoms with Gasteiger partial charge in [0.2, 0.25) is 11.8 Å². The quantitative estimate of drug-likeness (QED) is 0.383. The van der Waals surface area contributed by atoms with E-state index in [4.69, 9.17) is 4.74 Å². The largest absolute Gasteiger partial charge is 0.454 e. The summed E-state index contributed by atoms with van der Waals surface area (Å²) in [7, 11) is 0. The van der Waals surface area contributed by atoms with Crippen LogP contribution in [0.15, 0.2) is 72.8 Å². The van der Waals surface area contributed by atoms with E-state index in [1.54, 1.807) is 19.9 Å². The highest BCUT2D eigenvalue weighted by atomic mass is 16.5. The fourth-order valence-electron chi connectivity index (χ4n) is 6.79. The molecule has 4 aliphatic rings. The Bertz CT molecular complexity index is 1400. The third-order valence-electron chi connectivity index (χ3n) is 8.28. The molecule has 39 heavy (non-hydrogen) atoms. The number of carbonyl (C=O) groups excluding carboxylic acids is 4. The van der Waals surface area contributed by atoms with E-state index in [-0.39, 0.29) is 23.7 Å². The predicted octanol–water partition coefficient (Wildman–Crippen LogP) is 4.39. The number of aryl methyl sites for hydroxylation is 1. The summed E-state index contributed by atoms with van der Waals surface area (Å²) >= 11 is 0. The Morgan fingerprint density at radius 3 is 1.79 bits per heavy atom. The summed E-state index contributed by atoms with van der Waals surface area (Å²) in [4.78, 5) is 55.0. The molecular weight excluding hydrogens is 492 g/mol. The fourth-order valence-corrected chi connectivity index (χ4v) is 6.79. The first kappa shape index (κ1) is 25.0. The van der Waals surface area contributed by atoms with Crippen molar-refractivity contribution in [3.63, 3.8) is 0 Å². The normalized spacial score (nSPS) is 23.2. The average Bonchev–Trinajstić information content (AvgIpc) is 3.18. The molecule has 1 heterocycles. The van der Waals surface area contributed by atoms with E-state index in [0.717, 1.165) is 32.7 Å². The molecule has 0 radical (unpaired) electrons. The van der Waals surface area contributed by atoms with Gasteiger partial charge in [-0.05, 0) is 52.8 Å². The van der Waals surface area contributed by atoms with Gasteiger partial charge in [-0.2, -0.15) is 0 Å². The first-order valence-corrected chi connectivity index (χ1v) is 13.4. The Balaban J connectivity index is 1.27. The van der Waals surface area contributed by atoms with E-state index in [1.807, 2.05) is 73.7 Å². The lowest BCUT2D eigenvalue weighted by molar-refractivity contribution is -0.162. The second-order valence-corrected chi connectivity index (χ2v) is 11.0. The summed E-state index contributed by atoms with van der Waals surface area (Å²) < 4.78 is 5.39. The van der Waals surface area contributed by atoms with E-state index in [2.05, 4.69) is 5.32 Å². The van der Waals surface area contributed by atoms with E-state index in [9.17, 15) is 19.2 Å². The Kier molecular flexibility index (Phi) is 6.09. The second-order valence-electron chi connectivity index (χ2n) is 11.0. The van der Waals surface area contributed by atoms with Gasteiger partial charge in [0, 0.05) is 17.5 Å². The third-order valence-corrected chi connectivity index (χ3v) is 8.28. The van der Waals surface area contributed by atoms with Gasteiger partial charge in [-0.15, -0.1) is 0 Å². The lowest BCUT2D eigenvalue weighted by Crippen LogP contribution is -2.49. The van der Waals surface area contributed by atoms with Crippen LogP contribution < -0.4 is 5.32 Å². The number of hydrogen-bond acceptors (Lipinski definition) is 5. The summed E-state index contributed by atoms with van der Waals surface area (Å²) in [6, 6.07) is 22.2. The zero-order chi connectivity index (χ0) is 27.4. The molecule has 3 atom stereocenters. The molecule has 1 fully saturated rings. The zero-order valence-electron chi connectivity index (χ0n) is 22.1. The predicted molar refractivity (Wildman–Crippen MR) is 145 cm³/mol. The molecule has 0 saturated carbocycles. The number of nitrogens with zero attached hydrogens (tertiary/aromatic N) is 1. The van der Waals surface area contributed by atoms with Crippen LogP contribution in [0.1, 0.15) is 53.5 Å². The number of amides is 3. The lowest BCUT2D eigenvalue weighted by atomic mass is 9.55. The van der Waals surface area contributed by atoms with Crippen molar-refractivity contribution in [3.05, 3.63) is 101 Å². The monoisotopic (exact) mass is 522 g/mol. The number of nitrogens with one attached hydrogen (secondary N) is 1. The number of ether oxygens (including phenoxy) is 1.